The minimum absolute atomic E-state index is 0.0606. The molecule has 1 N–H and O–H groups in total. The topological polar surface area (TPSA) is 61.8 Å². The minimum atomic E-state index is -4.47. The number of carbonyl (C=O) groups is 2. The quantitative estimate of drug-likeness (QED) is 0.392. The van der Waals surface area contributed by atoms with Crippen molar-refractivity contribution in [3.63, 3.8) is 0 Å². The van der Waals surface area contributed by atoms with Crippen LogP contribution in [0.4, 0.5) is 24.5 Å². The molecule has 0 spiro atoms. The summed E-state index contributed by atoms with van der Waals surface area (Å²) in [5.74, 6) is -0.710. The first kappa shape index (κ1) is 25.8. The zero-order chi connectivity index (χ0) is 25.9. The summed E-state index contributed by atoms with van der Waals surface area (Å²) in [6.07, 6.45) is -4.53. The lowest BCUT2D eigenvalue weighted by Crippen LogP contribution is -2.44. The summed E-state index contributed by atoms with van der Waals surface area (Å²) in [5.41, 5.74) is 1.65. The standard InChI is InChI=1S/C26H21ClF3N3O2S/c1-16-7-10-20(13-21(16)27)31-24(35)22-14-23(34)33(15-17-5-3-2-4-6-17)25(36-22)32-19-11-8-18(9-12-19)26(28,29)30/h2-13,22H,14-15H2,1H3,(H,31,35)/t22-/m1/s1. The fraction of sp³-hybridized carbons (Fsp3) is 0.192. The number of benzene rings is 3. The predicted octanol–water partition coefficient (Wildman–Crippen LogP) is 6.83. The van der Waals surface area contributed by atoms with Crippen molar-refractivity contribution in [2.75, 3.05) is 5.32 Å². The van der Waals surface area contributed by atoms with Crippen LogP contribution < -0.4 is 5.32 Å². The van der Waals surface area contributed by atoms with Crippen LogP contribution >= 0.6 is 23.4 Å². The predicted molar refractivity (Wildman–Crippen MR) is 136 cm³/mol. The van der Waals surface area contributed by atoms with Crippen molar-refractivity contribution in [1.82, 2.24) is 4.90 Å². The number of thioether (sulfide) groups is 1. The van der Waals surface area contributed by atoms with Crippen LogP contribution in [-0.2, 0) is 22.3 Å². The summed E-state index contributed by atoms with van der Waals surface area (Å²) in [7, 11) is 0. The number of hydrogen-bond acceptors (Lipinski definition) is 4. The summed E-state index contributed by atoms with van der Waals surface area (Å²) in [6.45, 7) is 2.06. The van der Waals surface area contributed by atoms with Gasteiger partial charge < -0.3 is 5.32 Å². The normalized spacial score (nSPS) is 17.4. The lowest BCUT2D eigenvalue weighted by Gasteiger charge is -2.32. The van der Waals surface area contributed by atoms with Gasteiger partial charge in [0.15, 0.2) is 5.17 Å². The van der Waals surface area contributed by atoms with E-state index in [1.54, 1.807) is 18.2 Å². The molecule has 5 nitrogen and oxygen atoms in total. The van der Waals surface area contributed by atoms with Crippen molar-refractivity contribution in [1.29, 1.82) is 0 Å². The number of rotatable bonds is 5. The lowest BCUT2D eigenvalue weighted by atomic mass is 10.2. The average Bonchev–Trinajstić information content (AvgIpc) is 2.84. The molecule has 1 saturated heterocycles. The highest BCUT2D eigenvalue weighted by molar-refractivity contribution is 8.15. The number of amidine groups is 1. The molecule has 3 aromatic rings. The molecule has 1 heterocycles. The van der Waals surface area contributed by atoms with E-state index in [0.717, 1.165) is 35.0 Å². The minimum Gasteiger partial charge on any atom is -0.325 e. The smallest absolute Gasteiger partial charge is 0.325 e. The molecule has 3 aromatic carbocycles. The molecule has 0 aliphatic carbocycles. The van der Waals surface area contributed by atoms with Crippen molar-refractivity contribution in [2.45, 2.75) is 31.3 Å². The van der Waals surface area contributed by atoms with Gasteiger partial charge >= 0.3 is 6.18 Å². The second kappa shape index (κ2) is 10.8. The SMILES string of the molecule is Cc1ccc(NC(=O)[C@H]2CC(=O)N(Cc3ccccc3)C(=Nc3ccc(C(F)(F)F)cc3)S2)cc1Cl. The van der Waals surface area contributed by atoms with Gasteiger partial charge in [0.05, 0.1) is 17.8 Å². The van der Waals surface area contributed by atoms with Gasteiger partial charge in [-0.05, 0) is 54.4 Å². The zero-order valence-corrected chi connectivity index (χ0v) is 20.6. The van der Waals surface area contributed by atoms with Crippen molar-refractivity contribution in [3.8, 4) is 0 Å². The second-order valence-corrected chi connectivity index (χ2v) is 9.75. The first-order valence-corrected chi connectivity index (χ1v) is 12.2. The van der Waals surface area contributed by atoms with Gasteiger partial charge in [0.1, 0.15) is 5.25 Å². The van der Waals surface area contributed by atoms with Crippen LogP contribution in [0, 0.1) is 6.92 Å². The summed E-state index contributed by atoms with van der Waals surface area (Å²) in [6, 6.07) is 18.7. The third-order valence-electron chi connectivity index (χ3n) is 5.47. The van der Waals surface area contributed by atoms with E-state index in [1.165, 1.54) is 17.0 Å². The number of anilines is 1. The van der Waals surface area contributed by atoms with E-state index in [-0.39, 0.29) is 29.7 Å². The van der Waals surface area contributed by atoms with Gasteiger partial charge in [0.2, 0.25) is 11.8 Å². The molecule has 1 aliphatic rings. The number of nitrogens with one attached hydrogen (secondary N) is 1. The largest absolute Gasteiger partial charge is 0.416 e. The van der Waals surface area contributed by atoms with Crippen LogP contribution in [0.5, 0.6) is 0 Å². The molecule has 1 atom stereocenters. The van der Waals surface area contributed by atoms with Gasteiger partial charge in [-0.1, -0.05) is 59.8 Å². The maximum atomic E-state index is 13.1. The van der Waals surface area contributed by atoms with E-state index in [0.29, 0.717) is 10.7 Å². The molecule has 186 valence electrons. The number of hydrogen-bond donors (Lipinski definition) is 1. The van der Waals surface area contributed by atoms with E-state index in [4.69, 9.17) is 11.6 Å². The van der Waals surface area contributed by atoms with E-state index >= 15 is 0 Å². The highest BCUT2D eigenvalue weighted by Crippen LogP contribution is 2.33. The molecule has 4 rings (SSSR count). The highest BCUT2D eigenvalue weighted by atomic mass is 35.5. The molecule has 1 fully saturated rings. The molecule has 0 radical (unpaired) electrons. The first-order valence-electron chi connectivity index (χ1n) is 10.9. The molecule has 10 heteroatoms. The average molecular weight is 532 g/mol. The third-order valence-corrected chi connectivity index (χ3v) is 7.07. The fourth-order valence-corrected chi connectivity index (χ4v) is 4.77. The van der Waals surface area contributed by atoms with Crippen LogP contribution in [0.2, 0.25) is 5.02 Å². The Morgan fingerprint density at radius 1 is 1.11 bits per heavy atom. The van der Waals surface area contributed by atoms with Gasteiger partial charge in [-0.3, -0.25) is 14.5 Å². The number of alkyl halides is 3. The molecular weight excluding hydrogens is 511 g/mol. The van der Waals surface area contributed by atoms with Gasteiger partial charge in [0.25, 0.3) is 0 Å². The molecule has 2 amide bonds. The Morgan fingerprint density at radius 2 is 1.81 bits per heavy atom. The van der Waals surface area contributed by atoms with E-state index in [1.807, 2.05) is 37.3 Å². The molecule has 36 heavy (non-hydrogen) atoms. The van der Waals surface area contributed by atoms with Gasteiger partial charge in [-0.25, -0.2) is 4.99 Å². The summed E-state index contributed by atoms with van der Waals surface area (Å²) >= 11 is 7.24. The lowest BCUT2D eigenvalue weighted by molar-refractivity contribution is -0.137. The van der Waals surface area contributed by atoms with Crippen LogP contribution in [0.3, 0.4) is 0 Å². The molecular formula is C26H21ClF3N3O2S. The second-order valence-electron chi connectivity index (χ2n) is 8.17. The number of halogens is 4. The van der Waals surface area contributed by atoms with Crippen LogP contribution in [0.1, 0.15) is 23.1 Å². The Balaban J connectivity index is 1.61. The third kappa shape index (κ3) is 6.27. The van der Waals surface area contributed by atoms with Crippen molar-refractivity contribution < 1.29 is 22.8 Å². The number of amides is 2. The van der Waals surface area contributed by atoms with Crippen molar-refractivity contribution in [3.05, 3.63) is 94.5 Å². The number of carbonyl (C=O) groups excluding carboxylic acids is 2. The summed E-state index contributed by atoms with van der Waals surface area (Å²) in [4.78, 5) is 32.0. The van der Waals surface area contributed by atoms with Crippen LogP contribution in [0.25, 0.3) is 0 Å². The Labute approximate surface area is 215 Å². The molecule has 0 bridgehead atoms. The Hall–Kier alpha value is -3.30. The van der Waals surface area contributed by atoms with E-state index in [9.17, 15) is 22.8 Å². The van der Waals surface area contributed by atoms with Gasteiger partial charge in [-0.2, -0.15) is 13.2 Å². The Bertz CT molecular complexity index is 1300. The van der Waals surface area contributed by atoms with Crippen molar-refractivity contribution in [2.24, 2.45) is 4.99 Å². The number of aryl methyl sites for hydroxylation is 1. The van der Waals surface area contributed by atoms with E-state index < -0.39 is 22.9 Å². The Kier molecular flexibility index (Phi) is 7.70. The molecule has 0 saturated carbocycles. The zero-order valence-electron chi connectivity index (χ0n) is 19.1. The monoisotopic (exact) mass is 531 g/mol. The maximum Gasteiger partial charge on any atom is 0.416 e. The Morgan fingerprint density at radius 3 is 2.44 bits per heavy atom. The summed E-state index contributed by atoms with van der Waals surface area (Å²) in [5, 5.41) is 2.73. The number of nitrogens with zero attached hydrogens (tertiary/aromatic N) is 2. The van der Waals surface area contributed by atoms with Crippen LogP contribution in [-0.4, -0.2) is 27.1 Å². The molecule has 1 aliphatic heterocycles. The van der Waals surface area contributed by atoms with Crippen LogP contribution in [0.15, 0.2) is 77.8 Å². The highest BCUT2D eigenvalue weighted by Gasteiger charge is 2.36. The molecule has 0 unspecified atom stereocenters. The van der Waals surface area contributed by atoms with E-state index in [2.05, 4.69) is 10.3 Å². The van der Waals surface area contributed by atoms with Crippen molar-refractivity contribution >= 4 is 51.7 Å². The molecule has 0 aromatic heterocycles. The van der Waals surface area contributed by atoms with Gasteiger partial charge in [-0.15, -0.1) is 0 Å². The van der Waals surface area contributed by atoms with Gasteiger partial charge in [0, 0.05) is 17.1 Å². The maximum absolute atomic E-state index is 13.1. The fourth-order valence-electron chi connectivity index (χ4n) is 3.49. The summed E-state index contributed by atoms with van der Waals surface area (Å²) < 4.78 is 38.9. The number of aliphatic imine (C=N–C) groups is 1. The first-order chi connectivity index (χ1) is 17.1.